The molecule has 0 fully saturated rings. The van der Waals surface area contributed by atoms with Gasteiger partial charge in [-0.1, -0.05) is 121 Å². The van der Waals surface area contributed by atoms with Crippen LogP contribution in [0, 0.1) is 0 Å². The molecule has 5 nitrogen and oxygen atoms in total. The topological polar surface area (TPSA) is 56.5 Å². The monoisotopic (exact) mass is 763 g/mol. The maximum atomic E-state index is 5.30. The normalized spacial score (nSPS) is 11.9. The van der Waals surface area contributed by atoms with E-state index in [1.807, 2.05) is 6.07 Å². The van der Waals surface area contributed by atoms with Crippen molar-refractivity contribution in [1.29, 1.82) is 0 Å². The second kappa shape index (κ2) is 12.7. The molecule has 8 aromatic carbocycles. The summed E-state index contributed by atoms with van der Waals surface area (Å²) in [5.74, 6) is 1.92. The zero-order valence-corrected chi connectivity index (χ0v) is 31.9. The lowest BCUT2D eigenvalue weighted by atomic mass is 10.0. The number of hydrogen-bond acceptors (Lipinski definition) is 6. The first-order chi connectivity index (χ1) is 28.2. The second-order valence-electron chi connectivity index (χ2n) is 14.3. The van der Waals surface area contributed by atoms with Crippen molar-refractivity contribution < 1.29 is 0 Å². The van der Waals surface area contributed by atoms with E-state index in [-0.39, 0.29) is 0 Å². The summed E-state index contributed by atoms with van der Waals surface area (Å²) < 4.78 is 6.88. The van der Waals surface area contributed by atoms with Crippen LogP contribution in [0.5, 0.6) is 0 Å². The molecule has 12 rings (SSSR count). The number of aromatic nitrogens is 5. The van der Waals surface area contributed by atoms with Gasteiger partial charge in [-0.15, -0.1) is 22.7 Å². The highest BCUT2D eigenvalue weighted by Gasteiger charge is 2.21. The summed E-state index contributed by atoms with van der Waals surface area (Å²) in [6, 6.07) is 61.9. The maximum Gasteiger partial charge on any atom is 0.165 e. The quantitative estimate of drug-likeness (QED) is 0.175. The predicted molar refractivity (Wildman–Crippen MR) is 239 cm³/mol. The van der Waals surface area contributed by atoms with Crippen LogP contribution >= 0.6 is 22.7 Å². The molecule has 7 heteroatoms. The number of benzene rings is 8. The second-order valence-corrected chi connectivity index (χ2v) is 16.4. The van der Waals surface area contributed by atoms with E-state index in [1.165, 1.54) is 51.1 Å². The summed E-state index contributed by atoms with van der Waals surface area (Å²) in [5, 5.41) is 13.6. The average Bonchev–Trinajstić information content (AvgIpc) is 3.97. The van der Waals surface area contributed by atoms with Crippen LogP contribution in [0.2, 0.25) is 0 Å². The third-order valence-corrected chi connectivity index (χ3v) is 13.3. The first kappa shape index (κ1) is 32.2. The van der Waals surface area contributed by atoms with Gasteiger partial charge in [0.2, 0.25) is 0 Å². The minimum absolute atomic E-state index is 0.616. The Balaban J connectivity index is 1.09. The van der Waals surface area contributed by atoms with Gasteiger partial charge in [-0.25, -0.2) is 19.6 Å². The molecule has 0 unspecified atom stereocenters. The lowest BCUT2D eigenvalue weighted by Crippen LogP contribution is -2.00. The van der Waals surface area contributed by atoms with Gasteiger partial charge in [0.15, 0.2) is 17.5 Å². The minimum atomic E-state index is 0.616. The van der Waals surface area contributed by atoms with Gasteiger partial charge in [-0.2, -0.15) is 5.10 Å². The summed E-state index contributed by atoms with van der Waals surface area (Å²) in [6.07, 6.45) is 0. The van der Waals surface area contributed by atoms with Crippen LogP contribution in [0.25, 0.3) is 113 Å². The molecule has 4 heterocycles. The fourth-order valence-electron chi connectivity index (χ4n) is 8.18. The standard InChI is InChI=1S/C50H29N5S2/c1-2-17-34(18-3-1)55-42-29-31-14-5-4-13-30(31)28-41(42)45(54-55)32-15-10-16-33(27-32)48-51-49(39-23-11-21-37-35-19-6-8-25-43(35)56-46(37)39)53-50(52-48)40-24-12-22-38-36-20-7-9-26-44(36)57-47(38)40/h1-29H. The molecular weight excluding hydrogens is 735 g/mol. The van der Waals surface area contributed by atoms with Crippen molar-refractivity contribution in [1.82, 2.24) is 24.7 Å². The van der Waals surface area contributed by atoms with E-state index >= 15 is 0 Å². The summed E-state index contributed by atoms with van der Waals surface area (Å²) in [6.45, 7) is 0. The molecule has 0 bridgehead atoms. The van der Waals surface area contributed by atoms with Gasteiger partial charge in [0.1, 0.15) is 5.69 Å². The minimum Gasteiger partial charge on any atom is -0.232 e. The predicted octanol–water partition coefficient (Wildman–Crippen LogP) is 13.8. The van der Waals surface area contributed by atoms with Crippen molar-refractivity contribution in [3.8, 4) is 51.1 Å². The van der Waals surface area contributed by atoms with Crippen LogP contribution in [-0.2, 0) is 0 Å². The molecular formula is C50H29N5S2. The summed E-state index contributed by atoms with van der Waals surface area (Å²) in [7, 11) is 0. The number of thiophene rings is 2. The van der Waals surface area contributed by atoms with E-state index in [0.29, 0.717) is 17.5 Å². The third kappa shape index (κ3) is 5.20. The summed E-state index contributed by atoms with van der Waals surface area (Å²) in [5.41, 5.74) is 6.85. The van der Waals surface area contributed by atoms with Gasteiger partial charge >= 0.3 is 0 Å². The Kier molecular flexibility index (Phi) is 7.20. The van der Waals surface area contributed by atoms with Crippen LogP contribution in [-0.4, -0.2) is 24.7 Å². The summed E-state index contributed by atoms with van der Waals surface area (Å²) in [4.78, 5) is 15.9. The molecule has 0 radical (unpaired) electrons. The molecule has 0 spiro atoms. The van der Waals surface area contributed by atoms with Crippen molar-refractivity contribution in [2.24, 2.45) is 0 Å². The molecule has 0 saturated carbocycles. The molecule has 0 amide bonds. The first-order valence-electron chi connectivity index (χ1n) is 18.9. The van der Waals surface area contributed by atoms with Crippen LogP contribution in [0.15, 0.2) is 176 Å². The summed E-state index contributed by atoms with van der Waals surface area (Å²) >= 11 is 3.57. The van der Waals surface area contributed by atoms with Crippen LogP contribution in [0.3, 0.4) is 0 Å². The number of nitrogens with zero attached hydrogens (tertiary/aromatic N) is 5. The Hall–Kier alpha value is -7.06. The number of hydrogen-bond donors (Lipinski definition) is 0. The van der Waals surface area contributed by atoms with Crippen molar-refractivity contribution in [3.63, 3.8) is 0 Å². The molecule has 0 N–H and O–H groups in total. The third-order valence-electron chi connectivity index (χ3n) is 10.9. The van der Waals surface area contributed by atoms with Gasteiger partial charge < -0.3 is 0 Å². The lowest BCUT2D eigenvalue weighted by molar-refractivity contribution is 0.915. The van der Waals surface area contributed by atoms with Crippen LogP contribution in [0.1, 0.15) is 0 Å². The van der Waals surface area contributed by atoms with Gasteiger partial charge in [-0.05, 0) is 65.4 Å². The molecule has 0 aliphatic heterocycles. The Morgan fingerprint density at radius 3 is 1.58 bits per heavy atom. The highest BCUT2D eigenvalue weighted by molar-refractivity contribution is 7.26. The van der Waals surface area contributed by atoms with Crippen molar-refractivity contribution >= 4 is 84.7 Å². The molecule has 12 aromatic rings. The smallest absolute Gasteiger partial charge is 0.165 e. The van der Waals surface area contributed by atoms with E-state index in [4.69, 9.17) is 20.1 Å². The van der Waals surface area contributed by atoms with Crippen molar-refractivity contribution in [2.45, 2.75) is 0 Å². The molecule has 0 aliphatic carbocycles. The average molecular weight is 764 g/mol. The van der Waals surface area contributed by atoms with Crippen LogP contribution < -0.4 is 0 Å². The lowest BCUT2D eigenvalue weighted by Gasteiger charge is -2.10. The fourth-order valence-corrected chi connectivity index (χ4v) is 10.6. The Labute approximate surface area is 334 Å². The molecule has 266 valence electrons. The SMILES string of the molecule is c1ccc(-n2nc(-c3cccc(-c4nc(-c5cccc6c5sc5ccccc56)nc(-c5cccc6c5sc5ccccc56)n4)c3)c3cc4ccccc4cc32)cc1. The molecule has 57 heavy (non-hydrogen) atoms. The van der Waals surface area contributed by atoms with E-state index in [9.17, 15) is 0 Å². The number of fused-ring (bicyclic) bond motifs is 8. The largest absolute Gasteiger partial charge is 0.232 e. The maximum absolute atomic E-state index is 5.30. The van der Waals surface area contributed by atoms with E-state index in [0.717, 1.165) is 44.5 Å². The highest BCUT2D eigenvalue weighted by atomic mass is 32.1. The van der Waals surface area contributed by atoms with Gasteiger partial charge in [0.05, 0.1) is 11.2 Å². The molecule has 0 atom stereocenters. The van der Waals surface area contributed by atoms with E-state index < -0.39 is 0 Å². The van der Waals surface area contributed by atoms with Gasteiger partial charge in [0, 0.05) is 68.0 Å². The molecule has 0 saturated heterocycles. The first-order valence-corrected chi connectivity index (χ1v) is 20.5. The Bertz CT molecular complexity index is 3410. The number of para-hydroxylation sites is 1. The fraction of sp³-hybridized carbons (Fsp3) is 0. The zero-order chi connectivity index (χ0) is 37.5. The Morgan fingerprint density at radius 2 is 0.912 bits per heavy atom. The molecule has 4 aromatic heterocycles. The van der Waals surface area contributed by atoms with E-state index in [2.05, 4.69) is 175 Å². The van der Waals surface area contributed by atoms with Crippen molar-refractivity contribution in [3.05, 3.63) is 176 Å². The Morgan fingerprint density at radius 1 is 0.386 bits per heavy atom. The van der Waals surface area contributed by atoms with Gasteiger partial charge in [0.25, 0.3) is 0 Å². The van der Waals surface area contributed by atoms with Gasteiger partial charge in [-0.3, -0.25) is 0 Å². The van der Waals surface area contributed by atoms with Crippen molar-refractivity contribution in [2.75, 3.05) is 0 Å². The van der Waals surface area contributed by atoms with E-state index in [1.54, 1.807) is 22.7 Å². The molecule has 0 aliphatic rings. The highest BCUT2D eigenvalue weighted by Crippen LogP contribution is 2.42. The number of rotatable bonds is 5. The van der Waals surface area contributed by atoms with Crippen LogP contribution in [0.4, 0.5) is 0 Å². The zero-order valence-electron chi connectivity index (χ0n) is 30.3.